The van der Waals surface area contributed by atoms with Crippen molar-refractivity contribution in [2.24, 2.45) is 5.73 Å². The molecule has 1 aliphatic heterocycles. The first-order chi connectivity index (χ1) is 53.4. The Morgan fingerprint density at radius 3 is 1.95 bits per heavy atom. The number of ether oxygens (including phenoxy) is 3. The number of aromatic amines is 1. The van der Waals surface area contributed by atoms with E-state index < -0.39 is 205 Å². The highest BCUT2D eigenvalue weighted by Crippen LogP contribution is 2.32. The topological polar surface area (TPSA) is 546 Å². The predicted molar refractivity (Wildman–Crippen MR) is 396 cm³/mol. The third kappa shape index (κ3) is 25.7. The number of aliphatic hydroxyl groups excluding tert-OH is 3. The molecular weight excluding hydrogens is 1490 g/mol. The Morgan fingerprint density at radius 2 is 1.35 bits per heavy atom. The van der Waals surface area contributed by atoms with Gasteiger partial charge in [-0.05, 0) is 130 Å². The van der Waals surface area contributed by atoms with Gasteiger partial charge in [0.15, 0.2) is 0 Å². The molecule has 0 bridgehead atoms. The number of aliphatic carboxylic acids is 2. The Morgan fingerprint density at radius 1 is 0.699 bits per heavy atom. The third-order valence-corrected chi connectivity index (χ3v) is 18.7. The molecule has 12 amide bonds. The molecule has 38 heteroatoms. The zero-order chi connectivity index (χ0) is 83.6. The monoisotopic (exact) mass is 1580 g/mol. The average Bonchev–Trinajstić information content (AvgIpc) is 1.60. The van der Waals surface area contributed by atoms with Gasteiger partial charge in [-0.15, -0.1) is 0 Å². The van der Waals surface area contributed by atoms with Crippen LogP contribution in [-0.2, 0) is 92.7 Å². The summed E-state index contributed by atoms with van der Waals surface area (Å²) in [6.45, 7) is 5.39. The standard InChI is InChI=1S/C75H96F2N14O22/c1-9-43-31-48(111-7)20-21-49(43)44-17-15-42(16-18-44)30-53(65(102)82-51(63(78)100)25-28-113-57-23-19-46(76)29-39(57)2)83-66(103)54(33-60(98)99)84-67(104)56(37-92)85-68(105)61(40(3)93)89-71(108)74(5,34-45-13-10-11-14-50(45)77)90-69(106)62(41(4)94)88-58(95)36-80-64(101)52(22-24-59(96)97)86-72(109)75(6)26-12-27-91(75)70(107)55(87-73(110)112-8)32-47-35-79-38-81-47/h10-11,13-21,23,29,31,35,38,40-41,51-56,61-62,92-94H,9,12,22,24-28,30,32-34,36-37H2,1-8H3,(H2,78,100)(H,79,81)(H,80,101)(H,82,102)(H,83,103)(H,84,104)(H,85,105)(H,86,109)(H,87,110)(H,88,95)(H,89,108)(H,90,106)(H,96,97)(H,98,99)/t40-,41-,51+,52+,53+,54+,55+,56+,61+,62+,74-,75-/m1/s1. The summed E-state index contributed by atoms with van der Waals surface area (Å²) in [6, 6.07) is 6.27. The second-order valence-corrected chi connectivity index (χ2v) is 27.3. The van der Waals surface area contributed by atoms with E-state index >= 15 is 4.39 Å². The van der Waals surface area contributed by atoms with Crippen molar-refractivity contribution in [3.63, 3.8) is 0 Å². The first kappa shape index (κ1) is 89.7. The maximum absolute atomic E-state index is 15.5. The molecule has 36 nitrogen and oxygen atoms in total. The first-order valence-electron chi connectivity index (χ1n) is 35.9. The van der Waals surface area contributed by atoms with Crippen LogP contribution in [0.5, 0.6) is 11.5 Å². The number of methoxy groups -OCH3 is 2. The van der Waals surface area contributed by atoms with Gasteiger partial charge in [0, 0.05) is 44.8 Å². The van der Waals surface area contributed by atoms with E-state index in [-0.39, 0.29) is 56.6 Å². The van der Waals surface area contributed by atoms with Gasteiger partial charge in [-0.25, -0.2) is 18.6 Å². The lowest BCUT2D eigenvalue weighted by molar-refractivity contribution is -0.146. The predicted octanol–water partition coefficient (Wildman–Crippen LogP) is -1.20. The van der Waals surface area contributed by atoms with Crippen LogP contribution < -0.4 is 68.4 Å². The van der Waals surface area contributed by atoms with Crippen LogP contribution in [-0.4, -0.2) is 236 Å². The number of carboxylic acids is 2. The van der Waals surface area contributed by atoms with E-state index in [4.69, 9.17) is 19.9 Å². The lowest BCUT2D eigenvalue weighted by atomic mass is 9.90. The van der Waals surface area contributed by atoms with Gasteiger partial charge >= 0.3 is 18.0 Å². The summed E-state index contributed by atoms with van der Waals surface area (Å²) >= 11 is 0. The van der Waals surface area contributed by atoms with Crippen molar-refractivity contribution in [1.29, 1.82) is 0 Å². The van der Waals surface area contributed by atoms with Crippen molar-refractivity contribution in [3.8, 4) is 22.6 Å². The van der Waals surface area contributed by atoms with E-state index in [0.29, 0.717) is 29.0 Å². The summed E-state index contributed by atoms with van der Waals surface area (Å²) in [6.07, 6.45) is -4.95. The van der Waals surface area contributed by atoms with E-state index in [1.807, 2.05) is 19.1 Å². The van der Waals surface area contributed by atoms with Crippen LogP contribution in [0.2, 0.25) is 0 Å². The zero-order valence-electron chi connectivity index (χ0n) is 63.3. The molecular formula is C75H96F2N14O22. The quantitative estimate of drug-likeness (QED) is 0.0218. The van der Waals surface area contributed by atoms with Crippen molar-refractivity contribution in [1.82, 2.24) is 68.0 Å². The van der Waals surface area contributed by atoms with E-state index in [9.17, 15) is 97.0 Å². The number of carbonyl (C=O) groups excluding carboxylic acids is 12. The number of alkyl carbamates (subject to hydrolysis) is 1. The number of carbonyl (C=O) groups is 14. The summed E-state index contributed by atoms with van der Waals surface area (Å²) in [4.78, 5) is 199. The Hall–Kier alpha value is -12.2. The minimum atomic E-state index is -2.46. The molecule has 1 saturated heterocycles. The highest BCUT2D eigenvalue weighted by molar-refractivity contribution is 6.01. The molecule has 0 spiro atoms. The molecule has 6 rings (SSSR count). The number of carboxylic acid groups (broad SMARTS) is 2. The molecule has 612 valence electrons. The summed E-state index contributed by atoms with van der Waals surface area (Å²) in [7, 11) is 2.60. The summed E-state index contributed by atoms with van der Waals surface area (Å²) in [5, 5.41) is 75.3. The fraction of sp³-hybridized carbons (Fsp3) is 0.453. The molecule has 0 aliphatic carbocycles. The van der Waals surface area contributed by atoms with E-state index in [1.54, 1.807) is 37.3 Å². The lowest BCUT2D eigenvalue weighted by Crippen LogP contribution is -2.67. The van der Waals surface area contributed by atoms with Gasteiger partial charge < -0.3 is 109 Å². The van der Waals surface area contributed by atoms with Crippen LogP contribution in [0.4, 0.5) is 13.6 Å². The number of nitrogens with two attached hydrogens (primary N) is 1. The largest absolute Gasteiger partial charge is 0.497 e. The molecule has 18 N–H and O–H groups in total. The third-order valence-electron chi connectivity index (χ3n) is 18.7. The van der Waals surface area contributed by atoms with Crippen molar-refractivity contribution in [2.75, 3.05) is 40.5 Å². The highest BCUT2D eigenvalue weighted by Gasteiger charge is 2.49. The number of hydrogen-bond donors (Lipinski definition) is 17. The number of halogens is 2. The highest BCUT2D eigenvalue weighted by atomic mass is 19.1. The number of hydrogen-bond acceptors (Lipinski definition) is 21. The number of amides is 12. The smallest absolute Gasteiger partial charge is 0.407 e. The number of imidazole rings is 1. The molecule has 113 heavy (non-hydrogen) atoms. The molecule has 0 radical (unpaired) electrons. The van der Waals surface area contributed by atoms with Crippen molar-refractivity contribution < 1.29 is 116 Å². The van der Waals surface area contributed by atoms with Gasteiger partial charge in [0.05, 0.1) is 64.6 Å². The van der Waals surface area contributed by atoms with Gasteiger partial charge in [-0.3, -0.25) is 62.3 Å². The number of benzene rings is 4. The fourth-order valence-electron chi connectivity index (χ4n) is 12.3. The van der Waals surface area contributed by atoms with Crippen LogP contribution in [0.1, 0.15) is 101 Å². The van der Waals surface area contributed by atoms with Crippen molar-refractivity contribution in [3.05, 3.63) is 137 Å². The van der Waals surface area contributed by atoms with E-state index in [2.05, 4.69) is 63.1 Å². The number of rotatable bonds is 42. The molecule has 1 aromatic heterocycles. The van der Waals surface area contributed by atoms with Crippen LogP contribution in [0.3, 0.4) is 0 Å². The maximum Gasteiger partial charge on any atom is 0.407 e. The number of aromatic nitrogens is 2. The molecule has 1 fully saturated rings. The van der Waals surface area contributed by atoms with Crippen LogP contribution >= 0.6 is 0 Å². The SMILES string of the molecule is CCc1cc(OC)ccc1-c1ccc(C[C@H](NC(=O)[C@H](CC(=O)O)NC(=O)[C@H](CO)NC(=O)[C@@H](NC(=O)[C@@](C)(Cc2ccccc2F)NC(=O)[C@@H](NC(=O)CNC(=O)[C@H](CCC(=O)O)NC(=O)[C@@]2(C)CCCN2C(=O)[C@H](Cc2c[nH]cn2)NC(=O)OC)[C@@H](C)O)[C@@H](C)O)C(=O)N[C@@H](CCOc2ccc(F)cc2C)C(N)=O)cc1. The number of primary amides is 1. The second-order valence-electron chi connectivity index (χ2n) is 27.3. The van der Waals surface area contributed by atoms with E-state index in [0.717, 1.165) is 56.7 Å². The zero-order valence-corrected chi connectivity index (χ0v) is 63.3. The van der Waals surface area contributed by atoms with Crippen LogP contribution in [0, 0.1) is 18.6 Å². The van der Waals surface area contributed by atoms with E-state index in [1.165, 1.54) is 61.8 Å². The minimum absolute atomic E-state index is 0.00818. The van der Waals surface area contributed by atoms with Crippen molar-refractivity contribution in [2.45, 2.75) is 177 Å². The fourth-order valence-corrected chi connectivity index (χ4v) is 12.3. The first-order valence-corrected chi connectivity index (χ1v) is 35.9. The second kappa shape index (κ2) is 41.7. The van der Waals surface area contributed by atoms with Gasteiger partial charge in [-0.2, -0.15) is 0 Å². The Labute approximate surface area is 647 Å². The number of nitrogens with zero attached hydrogens (tertiary/aromatic N) is 2. The van der Waals surface area contributed by atoms with Gasteiger partial charge in [0.1, 0.15) is 82.5 Å². The molecule has 12 atom stereocenters. The summed E-state index contributed by atoms with van der Waals surface area (Å²) in [5.74, 6) is -16.7. The molecule has 0 unspecified atom stereocenters. The Bertz CT molecular complexity index is 4250. The number of likely N-dealkylation sites (tertiary alicyclic amines) is 1. The van der Waals surface area contributed by atoms with Gasteiger partial charge in [0.2, 0.25) is 65.0 Å². The van der Waals surface area contributed by atoms with Crippen LogP contribution in [0.25, 0.3) is 11.1 Å². The Kier molecular flexibility index (Phi) is 33.1. The molecule has 2 heterocycles. The van der Waals surface area contributed by atoms with Crippen molar-refractivity contribution >= 4 is 83.0 Å². The Balaban J connectivity index is 1.17. The number of aryl methyl sites for hydroxylation is 2. The lowest BCUT2D eigenvalue weighted by Gasteiger charge is -2.37. The molecule has 4 aromatic carbocycles. The molecule has 5 aromatic rings. The molecule has 1 aliphatic rings. The maximum atomic E-state index is 15.5. The van der Waals surface area contributed by atoms with Gasteiger partial charge in [-0.1, -0.05) is 55.5 Å². The number of nitrogens with one attached hydrogen (secondary N) is 11. The molecule has 0 saturated carbocycles. The minimum Gasteiger partial charge on any atom is -0.497 e. The van der Waals surface area contributed by atoms with Gasteiger partial charge in [0.25, 0.3) is 0 Å². The summed E-state index contributed by atoms with van der Waals surface area (Å²) < 4.78 is 45.2. The van der Waals surface area contributed by atoms with Crippen LogP contribution in [0.15, 0.2) is 97.5 Å². The number of aliphatic hydroxyl groups is 3. The number of H-pyrrole nitrogens is 1. The average molecular weight is 1580 g/mol. The normalized spacial score (nSPS) is 16.3. The summed E-state index contributed by atoms with van der Waals surface area (Å²) in [5.41, 5.74) is 5.06.